The predicted octanol–water partition coefficient (Wildman–Crippen LogP) is 2.20. The van der Waals surface area contributed by atoms with Crippen molar-refractivity contribution in [2.45, 2.75) is 63.8 Å². The second-order valence-corrected chi connectivity index (χ2v) is 11.5. The lowest BCUT2D eigenvalue weighted by Gasteiger charge is -2.46. The van der Waals surface area contributed by atoms with Crippen LogP contribution >= 0.6 is 0 Å². The third kappa shape index (κ3) is 4.97. The van der Waals surface area contributed by atoms with E-state index >= 15 is 0 Å². The van der Waals surface area contributed by atoms with Crippen molar-refractivity contribution in [2.75, 3.05) is 44.4 Å². The van der Waals surface area contributed by atoms with Crippen molar-refractivity contribution in [3.05, 3.63) is 0 Å². The van der Waals surface area contributed by atoms with Gasteiger partial charge in [0.15, 0.2) is 15.8 Å². The van der Waals surface area contributed by atoms with Gasteiger partial charge in [-0.05, 0) is 50.9 Å². The summed E-state index contributed by atoms with van der Waals surface area (Å²) < 4.78 is 29.4. The SMILES string of the molecule is O=S1(=O)CCC(CN=C(NC2CCCC2)N2CCCC3(CCCOC3)C2)C1. The lowest BCUT2D eigenvalue weighted by Crippen LogP contribution is -2.54. The van der Waals surface area contributed by atoms with Crippen LogP contribution in [0.15, 0.2) is 4.99 Å². The molecule has 6 nitrogen and oxygen atoms in total. The van der Waals surface area contributed by atoms with Gasteiger partial charge in [-0.25, -0.2) is 8.42 Å². The average Bonchev–Trinajstić information content (AvgIpc) is 3.28. The number of aliphatic imine (C=N–C) groups is 1. The molecule has 3 aliphatic heterocycles. The molecule has 154 valence electrons. The second kappa shape index (κ2) is 8.27. The third-order valence-corrected chi connectivity index (χ3v) is 8.72. The van der Waals surface area contributed by atoms with Gasteiger partial charge in [-0.2, -0.15) is 0 Å². The summed E-state index contributed by atoms with van der Waals surface area (Å²) in [6.45, 7) is 4.48. The molecule has 2 unspecified atom stereocenters. The summed E-state index contributed by atoms with van der Waals surface area (Å²) >= 11 is 0. The van der Waals surface area contributed by atoms with E-state index in [2.05, 4.69) is 10.2 Å². The standard InChI is InChI=1S/C20H35N3O3S/c24-27(25)12-7-17(14-27)13-21-19(22-18-5-1-2-6-18)23-10-3-8-20(15-23)9-4-11-26-16-20/h17-18H,1-16H2,(H,21,22). The monoisotopic (exact) mass is 397 g/mol. The Morgan fingerprint density at radius 1 is 1.15 bits per heavy atom. The highest BCUT2D eigenvalue weighted by atomic mass is 32.2. The summed E-state index contributed by atoms with van der Waals surface area (Å²) in [6, 6.07) is 0.525. The molecule has 0 radical (unpaired) electrons. The van der Waals surface area contributed by atoms with E-state index in [4.69, 9.17) is 9.73 Å². The lowest BCUT2D eigenvalue weighted by atomic mass is 9.76. The Labute approximate surface area is 164 Å². The molecule has 0 aromatic carbocycles. The minimum atomic E-state index is -2.83. The molecule has 1 N–H and O–H groups in total. The second-order valence-electron chi connectivity index (χ2n) is 9.24. The van der Waals surface area contributed by atoms with Crippen LogP contribution in [0.3, 0.4) is 0 Å². The lowest BCUT2D eigenvalue weighted by molar-refractivity contribution is -0.0371. The van der Waals surface area contributed by atoms with E-state index in [1.54, 1.807) is 0 Å². The number of hydrogen-bond acceptors (Lipinski definition) is 4. The van der Waals surface area contributed by atoms with E-state index in [0.717, 1.165) is 45.1 Å². The molecule has 1 spiro atoms. The van der Waals surface area contributed by atoms with Gasteiger partial charge in [0, 0.05) is 37.7 Å². The smallest absolute Gasteiger partial charge is 0.194 e. The third-order valence-electron chi connectivity index (χ3n) is 6.88. The van der Waals surface area contributed by atoms with Crippen molar-refractivity contribution < 1.29 is 13.2 Å². The molecular formula is C20H35N3O3S. The number of sulfone groups is 1. The Kier molecular flexibility index (Phi) is 5.97. The summed E-state index contributed by atoms with van der Waals surface area (Å²) in [6.07, 6.45) is 10.6. The summed E-state index contributed by atoms with van der Waals surface area (Å²) in [5.74, 6) is 1.86. The number of ether oxygens (including phenoxy) is 1. The van der Waals surface area contributed by atoms with Gasteiger partial charge in [0.25, 0.3) is 0 Å². The highest BCUT2D eigenvalue weighted by Crippen LogP contribution is 2.37. The molecule has 0 amide bonds. The van der Waals surface area contributed by atoms with Gasteiger partial charge in [0.05, 0.1) is 18.1 Å². The number of rotatable bonds is 3. The normalized spacial score (nSPS) is 35.0. The molecule has 2 atom stereocenters. The Morgan fingerprint density at radius 2 is 1.96 bits per heavy atom. The molecule has 1 saturated carbocycles. The van der Waals surface area contributed by atoms with Crippen LogP contribution in [0, 0.1) is 11.3 Å². The molecule has 0 aromatic rings. The predicted molar refractivity (Wildman–Crippen MR) is 108 cm³/mol. The van der Waals surface area contributed by atoms with Gasteiger partial charge in [0.1, 0.15) is 0 Å². The Balaban J connectivity index is 1.45. The van der Waals surface area contributed by atoms with Crippen molar-refractivity contribution in [3.8, 4) is 0 Å². The maximum atomic E-state index is 11.8. The van der Waals surface area contributed by atoms with E-state index < -0.39 is 9.84 Å². The number of nitrogens with zero attached hydrogens (tertiary/aromatic N) is 2. The fourth-order valence-corrected chi connectivity index (χ4v) is 7.19. The van der Waals surface area contributed by atoms with Crippen molar-refractivity contribution in [2.24, 2.45) is 16.3 Å². The molecule has 1 aliphatic carbocycles. The van der Waals surface area contributed by atoms with Crippen LogP contribution in [0.5, 0.6) is 0 Å². The highest BCUT2D eigenvalue weighted by Gasteiger charge is 2.38. The number of piperidine rings is 1. The van der Waals surface area contributed by atoms with E-state index in [1.165, 1.54) is 44.9 Å². The molecule has 3 saturated heterocycles. The Bertz CT molecular complexity index is 631. The fourth-order valence-electron chi connectivity index (χ4n) is 5.34. The van der Waals surface area contributed by atoms with Crippen LogP contribution in [0.1, 0.15) is 57.8 Å². The summed E-state index contributed by atoms with van der Waals surface area (Å²) in [4.78, 5) is 7.41. The minimum absolute atomic E-state index is 0.187. The summed E-state index contributed by atoms with van der Waals surface area (Å²) in [5, 5.41) is 3.74. The van der Waals surface area contributed by atoms with Gasteiger partial charge in [-0.3, -0.25) is 4.99 Å². The number of nitrogens with one attached hydrogen (secondary N) is 1. The van der Waals surface area contributed by atoms with Crippen LogP contribution in [0.4, 0.5) is 0 Å². The molecule has 3 heterocycles. The van der Waals surface area contributed by atoms with Gasteiger partial charge in [-0.1, -0.05) is 12.8 Å². The van der Waals surface area contributed by atoms with Crippen LogP contribution < -0.4 is 5.32 Å². The Morgan fingerprint density at radius 3 is 2.67 bits per heavy atom. The molecular weight excluding hydrogens is 362 g/mol. The maximum absolute atomic E-state index is 11.8. The van der Waals surface area contributed by atoms with E-state index in [0.29, 0.717) is 24.1 Å². The van der Waals surface area contributed by atoms with E-state index in [-0.39, 0.29) is 11.3 Å². The topological polar surface area (TPSA) is 71.0 Å². The summed E-state index contributed by atoms with van der Waals surface area (Å²) in [5.41, 5.74) is 0.283. The zero-order chi connectivity index (χ0) is 18.7. The maximum Gasteiger partial charge on any atom is 0.194 e. The van der Waals surface area contributed by atoms with E-state index in [9.17, 15) is 8.42 Å². The molecule has 0 bridgehead atoms. The van der Waals surface area contributed by atoms with Crippen molar-refractivity contribution in [1.82, 2.24) is 10.2 Å². The van der Waals surface area contributed by atoms with Crippen LogP contribution in [0.2, 0.25) is 0 Å². The number of guanidine groups is 1. The van der Waals surface area contributed by atoms with Crippen LogP contribution in [0.25, 0.3) is 0 Å². The first-order valence-electron chi connectivity index (χ1n) is 10.9. The molecule has 0 aromatic heterocycles. The zero-order valence-corrected chi connectivity index (χ0v) is 17.3. The molecule has 4 aliphatic rings. The summed E-state index contributed by atoms with van der Waals surface area (Å²) in [7, 11) is -2.83. The largest absolute Gasteiger partial charge is 0.381 e. The highest BCUT2D eigenvalue weighted by molar-refractivity contribution is 7.91. The number of likely N-dealkylation sites (tertiary alicyclic amines) is 1. The van der Waals surface area contributed by atoms with Gasteiger partial charge in [0.2, 0.25) is 0 Å². The van der Waals surface area contributed by atoms with E-state index in [1.807, 2.05) is 0 Å². The molecule has 27 heavy (non-hydrogen) atoms. The average molecular weight is 398 g/mol. The van der Waals surface area contributed by atoms with Crippen molar-refractivity contribution >= 4 is 15.8 Å². The Hall–Kier alpha value is -0.820. The molecule has 4 fully saturated rings. The van der Waals surface area contributed by atoms with Crippen LogP contribution in [-0.2, 0) is 14.6 Å². The first-order valence-corrected chi connectivity index (χ1v) is 12.7. The quantitative estimate of drug-likeness (QED) is 0.584. The zero-order valence-electron chi connectivity index (χ0n) is 16.5. The molecule has 4 rings (SSSR count). The first-order chi connectivity index (χ1) is 13.0. The van der Waals surface area contributed by atoms with Gasteiger partial charge >= 0.3 is 0 Å². The van der Waals surface area contributed by atoms with Crippen molar-refractivity contribution in [3.63, 3.8) is 0 Å². The van der Waals surface area contributed by atoms with Crippen molar-refractivity contribution in [1.29, 1.82) is 0 Å². The molecule has 7 heteroatoms. The first kappa shape index (κ1) is 19.5. The van der Waals surface area contributed by atoms with Crippen LogP contribution in [-0.4, -0.2) is 69.7 Å². The van der Waals surface area contributed by atoms with Gasteiger partial charge < -0.3 is 15.0 Å². The minimum Gasteiger partial charge on any atom is -0.381 e. The van der Waals surface area contributed by atoms with Gasteiger partial charge in [-0.15, -0.1) is 0 Å². The number of hydrogen-bond donors (Lipinski definition) is 1. The fraction of sp³-hybridized carbons (Fsp3) is 0.950.